The number of amides is 1. The number of rotatable bonds is 2. The van der Waals surface area contributed by atoms with Gasteiger partial charge in [0.2, 0.25) is 0 Å². The molecule has 0 bridgehead atoms. The van der Waals surface area contributed by atoms with Crippen LogP contribution < -0.4 is 11.5 Å². The second kappa shape index (κ2) is 5.60. The molecule has 8 heteroatoms. The van der Waals surface area contributed by atoms with Crippen LogP contribution in [0.4, 0.5) is 13.2 Å². The first-order valence-corrected chi connectivity index (χ1v) is 5.99. The maximum absolute atomic E-state index is 12.8. The maximum Gasteiger partial charge on any atom is 0.417 e. The fraction of sp³-hybridized carbons (Fsp3) is 0.273. The summed E-state index contributed by atoms with van der Waals surface area (Å²) >= 11 is 2.84. The molecular weight excluding hydrogens is 327 g/mol. The van der Waals surface area contributed by atoms with Crippen molar-refractivity contribution >= 4 is 27.8 Å². The quantitative estimate of drug-likeness (QED) is 0.642. The molecule has 1 rings (SSSR count). The van der Waals surface area contributed by atoms with Gasteiger partial charge in [-0.2, -0.15) is 18.2 Å². The SMILES string of the molecule is CCc1cc(Br)c(C(F)(F)F)cc1C(=O)N=C(N)N. The number of carbonyl (C=O) groups excluding carboxylic acids is 1. The maximum atomic E-state index is 12.8. The summed E-state index contributed by atoms with van der Waals surface area (Å²) in [5.74, 6) is -1.39. The lowest BCUT2D eigenvalue weighted by atomic mass is 10.0. The van der Waals surface area contributed by atoms with Crippen molar-refractivity contribution in [3.8, 4) is 0 Å². The molecule has 0 saturated carbocycles. The summed E-state index contributed by atoms with van der Waals surface area (Å²) in [5.41, 5.74) is 9.42. The summed E-state index contributed by atoms with van der Waals surface area (Å²) in [7, 11) is 0. The van der Waals surface area contributed by atoms with E-state index in [0.717, 1.165) is 6.07 Å². The molecule has 0 unspecified atom stereocenters. The zero-order chi connectivity index (χ0) is 14.8. The smallest absolute Gasteiger partial charge is 0.370 e. The number of halogens is 4. The van der Waals surface area contributed by atoms with Gasteiger partial charge in [0.05, 0.1) is 5.56 Å². The molecule has 0 saturated heterocycles. The molecule has 1 aromatic rings. The highest BCUT2D eigenvalue weighted by Gasteiger charge is 2.34. The van der Waals surface area contributed by atoms with Crippen LogP contribution in [0.25, 0.3) is 0 Å². The standard InChI is InChI=1S/C11H11BrF3N3O/c1-2-5-3-8(12)7(11(13,14)15)4-6(5)9(19)18-10(16)17/h3-4H,2H2,1H3,(H4,16,17,18,19). The first kappa shape index (κ1) is 15.5. The normalized spacial score (nSPS) is 11.2. The van der Waals surface area contributed by atoms with Gasteiger partial charge in [-0.15, -0.1) is 0 Å². The highest BCUT2D eigenvalue weighted by molar-refractivity contribution is 9.10. The molecule has 0 spiro atoms. The molecule has 0 radical (unpaired) electrons. The number of aliphatic imine (C=N–C) groups is 1. The van der Waals surface area contributed by atoms with E-state index < -0.39 is 23.6 Å². The van der Waals surface area contributed by atoms with E-state index in [-0.39, 0.29) is 10.0 Å². The molecule has 0 aromatic heterocycles. The van der Waals surface area contributed by atoms with Gasteiger partial charge in [0.15, 0.2) is 5.96 Å². The fourth-order valence-corrected chi connectivity index (χ4v) is 2.12. The van der Waals surface area contributed by atoms with Crippen molar-refractivity contribution in [3.05, 3.63) is 33.3 Å². The minimum absolute atomic E-state index is 0.127. The van der Waals surface area contributed by atoms with Crippen molar-refractivity contribution in [3.63, 3.8) is 0 Å². The Hall–Kier alpha value is -1.57. The summed E-state index contributed by atoms with van der Waals surface area (Å²) in [6, 6.07) is 2.00. The summed E-state index contributed by atoms with van der Waals surface area (Å²) in [6.45, 7) is 1.71. The molecule has 4 nitrogen and oxygen atoms in total. The van der Waals surface area contributed by atoms with Crippen LogP contribution in [-0.4, -0.2) is 11.9 Å². The Morgan fingerprint density at radius 3 is 2.37 bits per heavy atom. The Morgan fingerprint density at radius 1 is 1.37 bits per heavy atom. The van der Waals surface area contributed by atoms with Crippen molar-refractivity contribution in [1.82, 2.24) is 0 Å². The third-order valence-electron chi connectivity index (χ3n) is 2.34. The second-order valence-electron chi connectivity index (χ2n) is 3.68. The minimum Gasteiger partial charge on any atom is -0.370 e. The van der Waals surface area contributed by atoms with Gasteiger partial charge in [0.25, 0.3) is 5.91 Å². The Morgan fingerprint density at radius 2 is 1.95 bits per heavy atom. The number of hydrogen-bond donors (Lipinski definition) is 2. The monoisotopic (exact) mass is 337 g/mol. The number of nitrogens with two attached hydrogens (primary N) is 2. The summed E-state index contributed by atoms with van der Waals surface area (Å²) in [6.07, 6.45) is -4.20. The van der Waals surface area contributed by atoms with E-state index in [1.165, 1.54) is 6.07 Å². The molecule has 19 heavy (non-hydrogen) atoms. The third kappa shape index (κ3) is 3.69. The van der Waals surface area contributed by atoms with Gasteiger partial charge in [0.1, 0.15) is 0 Å². The Bertz CT molecular complexity index is 537. The topological polar surface area (TPSA) is 81.5 Å². The first-order valence-electron chi connectivity index (χ1n) is 5.20. The van der Waals surface area contributed by atoms with Crippen LogP contribution in [0.15, 0.2) is 21.6 Å². The van der Waals surface area contributed by atoms with Gasteiger partial charge in [-0.3, -0.25) is 4.79 Å². The Kier molecular flexibility index (Phi) is 4.56. The third-order valence-corrected chi connectivity index (χ3v) is 3.00. The van der Waals surface area contributed by atoms with E-state index in [4.69, 9.17) is 11.5 Å². The fourth-order valence-electron chi connectivity index (χ4n) is 1.50. The lowest BCUT2D eigenvalue weighted by Gasteiger charge is -2.13. The van der Waals surface area contributed by atoms with Crippen LogP contribution >= 0.6 is 15.9 Å². The van der Waals surface area contributed by atoms with Crippen LogP contribution in [0, 0.1) is 0 Å². The summed E-state index contributed by atoms with van der Waals surface area (Å²) in [5, 5.41) is 0. The molecule has 0 aliphatic rings. The van der Waals surface area contributed by atoms with Gasteiger partial charge >= 0.3 is 6.18 Å². The van der Waals surface area contributed by atoms with Gasteiger partial charge < -0.3 is 11.5 Å². The van der Waals surface area contributed by atoms with Crippen molar-refractivity contribution in [2.24, 2.45) is 16.5 Å². The predicted octanol–water partition coefficient (Wildman–Crippen LogP) is 2.44. The van der Waals surface area contributed by atoms with Crippen LogP contribution in [0.3, 0.4) is 0 Å². The van der Waals surface area contributed by atoms with Crippen molar-refractivity contribution < 1.29 is 18.0 Å². The zero-order valence-electron chi connectivity index (χ0n) is 9.88. The van der Waals surface area contributed by atoms with Crippen LogP contribution in [0.1, 0.15) is 28.4 Å². The number of guanidine groups is 1. The number of benzene rings is 1. The van der Waals surface area contributed by atoms with E-state index in [1.807, 2.05) is 0 Å². The molecule has 4 N–H and O–H groups in total. The van der Waals surface area contributed by atoms with Gasteiger partial charge in [0, 0.05) is 10.0 Å². The zero-order valence-corrected chi connectivity index (χ0v) is 11.5. The van der Waals surface area contributed by atoms with Crippen molar-refractivity contribution in [2.75, 3.05) is 0 Å². The van der Waals surface area contributed by atoms with Crippen LogP contribution in [0.2, 0.25) is 0 Å². The largest absolute Gasteiger partial charge is 0.417 e. The van der Waals surface area contributed by atoms with E-state index in [1.54, 1.807) is 6.92 Å². The first-order chi connectivity index (χ1) is 8.66. The minimum atomic E-state index is -4.57. The molecule has 0 heterocycles. The Balaban J connectivity index is 3.46. The lowest BCUT2D eigenvalue weighted by molar-refractivity contribution is -0.138. The predicted molar refractivity (Wildman–Crippen MR) is 68.7 cm³/mol. The number of aryl methyl sites for hydroxylation is 1. The van der Waals surface area contributed by atoms with E-state index in [0.29, 0.717) is 12.0 Å². The van der Waals surface area contributed by atoms with E-state index >= 15 is 0 Å². The number of hydrogen-bond acceptors (Lipinski definition) is 1. The molecule has 1 aromatic carbocycles. The van der Waals surface area contributed by atoms with Crippen LogP contribution in [0.5, 0.6) is 0 Å². The molecule has 0 atom stereocenters. The van der Waals surface area contributed by atoms with Crippen molar-refractivity contribution in [1.29, 1.82) is 0 Å². The molecule has 104 valence electrons. The molecule has 0 aliphatic heterocycles. The molecule has 1 amide bonds. The second-order valence-corrected chi connectivity index (χ2v) is 4.54. The summed E-state index contributed by atoms with van der Waals surface area (Å²) < 4.78 is 38.2. The average Bonchev–Trinajstić information content (AvgIpc) is 2.25. The number of carbonyl (C=O) groups is 1. The number of nitrogens with zero attached hydrogens (tertiary/aromatic N) is 1. The molecule has 0 aliphatic carbocycles. The van der Waals surface area contributed by atoms with Gasteiger partial charge in [-0.05, 0) is 24.1 Å². The summed E-state index contributed by atoms with van der Waals surface area (Å²) in [4.78, 5) is 15.0. The van der Waals surface area contributed by atoms with Crippen LogP contribution in [-0.2, 0) is 12.6 Å². The van der Waals surface area contributed by atoms with Crippen molar-refractivity contribution in [2.45, 2.75) is 19.5 Å². The highest BCUT2D eigenvalue weighted by atomic mass is 79.9. The van der Waals surface area contributed by atoms with E-state index in [9.17, 15) is 18.0 Å². The molecular formula is C11H11BrF3N3O. The van der Waals surface area contributed by atoms with E-state index in [2.05, 4.69) is 20.9 Å². The average molecular weight is 338 g/mol. The highest BCUT2D eigenvalue weighted by Crippen LogP contribution is 2.36. The lowest BCUT2D eigenvalue weighted by Crippen LogP contribution is -2.24. The number of alkyl halides is 3. The van der Waals surface area contributed by atoms with Gasteiger partial charge in [-0.1, -0.05) is 22.9 Å². The van der Waals surface area contributed by atoms with Gasteiger partial charge in [-0.25, -0.2) is 0 Å². The Labute approximate surface area is 115 Å². The molecule has 0 fully saturated rings.